The molecule has 1 aromatic carbocycles. The van der Waals surface area contributed by atoms with Crippen LogP contribution in [0.4, 0.5) is 4.39 Å². The number of nitrogens with zero attached hydrogens (tertiary/aromatic N) is 1. The summed E-state index contributed by atoms with van der Waals surface area (Å²) in [5.41, 5.74) is 7.93. The SMILES string of the molecule is NCCc1[nH]c(Br)nc1-c1ccc(F)c(Cl)c1. The van der Waals surface area contributed by atoms with Gasteiger partial charge in [0.25, 0.3) is 0 Å². The van der Waals surface area contributed by atoms with Crippen molar-refractivity contribution in [3.8, 4) is 11.3 Å². The molecule has 0 atom stereocenters. The number of benzene rings is 1. The standard InChI is InChI=1S/C11H10BrClFN3/c12-11-16-9(3-4-15)10(17-11)6-1-2-8(14)7(13)5-6/h1-2,5H,3-4,15H2,(H,16,17). The van der Waals surface area contributed by atoms with Crippen LogP contribution in [-0.4, -0.2) is 16.5 Å². The van der Waals surface area contributed by atoms with Crippen molar-refractivity contribution >= 4 is 27.5 Å². The first-order valence-electron chi connectivity index (χ1n) is 5.01. The highest BCUT2D eigenvalue weighted by Gasteiger charge is 2.12. The average molecular weight is 319 g/mol. The lowest BCUT2D eigenvalue weighted by molar-refractivity contribution is 0.628. The molecular formula is C11H10BrClFN3. The summed E-state index contributed by atoms with van der Waals surface area (Å²) < 4.78 is 13.7. The predicted molar refractivity (Wildman–Crippen MR) is 69.5 cm³/mol. The van der Waals surface area contributed by atoms with Crippen LogP contribution in [0.1, 0.15) is 5.69 Å². The fraction of sp³-hybridized carbons (Fsp3) is 0.182. The van der Waals surface area contributed by atoms with Crippen molar-refractivity contribution in [1.82, 2.24) is 9.97 Å². The second-order valence-corrected chi connectivity index (χ2v) is 4.68. The third kappa shape index (κ3) is 2.68. The van der Waals surface area contributed by atoms with E-state index >= 15 is 0 Å². The van der Waals surface area contributed by atoms with Crippen LogP contribution in [-0.2, 0) is 6.42 Å². The van der Waals surface area contributed by atoms with E-state index in [1.165, 1.54) is 6.07 Å². The van der Waals surface area contributed by atoms with Crippen LogP contribution in [0.15, 0.2) is 22.9 Å². The van der Waals surface area contributed by atoms with Gasteiger partial charge in [0.15, 0.2) is 4.73 Å². The molecule has 0 radical (unpaired) electrons. The number of nitrogens with one attached hydrogen (secondary N) is 1. The van der Waals surface area contributed by atoms with E-state index in [2.05, 4.69) is 25.9 Å². The summed E-state index contributed by atoms with van der Waals surface area (Å²) in [6.45, 7) is 0.510. The second kappa shape index (κ2) is 5.16. The molecule has 0 fully saturated rings. The zero-order valence-corrected chi connectivity index (χ0v) is 11.1. The molecule has 2 aromatic rings. The number of rotatable bonds is 3. The van der Waals surface area contributed by atoms with Gasteiger partial charge in [0.05, 0.1) is 10.7 Å². The molecule has 0 aliphatic rings. The molecule has 0 saturated heterocycles. The highest BCUT2D eigenvalue weighted by atomic mass is 79.9. The number of H-pyrrole nitrogens is 1. The van der Waals surface area contributed by atoms with Crippen molar-refractivity contribution in [3.05, 3.63) is 39.5 Å². The Balaban J connectivity index is 2.47. The van der Waals surface area contributed by atoms with Gasteiger partial charge >= 0.3 is 0 Å². The Labute approximate surface area is 111 Å². The molecule has 90 valence electrons. The zero-order valence-electron chi connectivity index (χ0n) is 8.80. The maximum absolute atomic E-state index is 13.1. The predicted octanol–water partition coefficient (Wildman–Crippen LogP) is 3.13. The van der Waals surface area contributed by atoms with E-state index in [-0.39, 0.29) is 5.02 Å². The van der Waals surface area contributed by atoms with Crippen molar-refractivity contribution < 1.29 is 4.39 Å². The van der Waals surface area contributed by atoms with Crippen molar-refractivity contribution in [2.75, 3.05) is 6.54 Å². The van der Waals surface area contributed by atoms with Gasteiger partial charge in [-0.2, -0.15) is 0 Å². The number of hydrogen-bond acceptors (Lipinski definition) is 2. The van der Waals surface area contributed by atoms with E-state index < -0.39 is 5.82 Å². The van der Waals surface area contributed by atoms with Gasteiger partial charge in [-0.25, -0.2) is 9.37 Å². The summed E-state index contributed by atoms with van der Waals surface area (Å²) in [6.07, 6.45) is 0.670. The van der Waals surface area contributed by atoms with E-state index in [0.29, 0.717) is 17.7 Å². The third-order valence-electron chi connectivity index (χ3n) is 2.34. The lowest BCUT2D eigenvalue weighted by atomic mass is 10.1. The second-order valence-electron chi connectivity index (χ2n) is 3.52. The van der Waals surface area contributed by atoms with E-state index in [0.717, 1.165) is 17.0 Å². The highest BCUT2D eigenvalue weighted by molar-refractivity contribution is 9.10. The Morgan fingerprint density at radius 1 is 1.47 bits per heavy atom. The first-order chi connectivity index (χ1) is 8.11. The minimum atomic E-state index is -0.439. The monoisotopic (exact) mass is 317 g/mol. The van der Waals surface area contributed by atoms with Crippen LogP contribution in [0.25, 0.3) is 11.3 Å². The molecule has 0 amide bonds. The fourth-order valence-corrected chi connectivity index (χ4v) is 2.18. The smallest absolute Gasteiger partial charge is 0.175 e. The molecule has 17 heavy (non-hydrogen) atoms. The Morgan fingerprint density at radius 3 is 2.88 bits per heavy atom. The molecule has 0 aliphatic carbocycles. The van der Waals surface area contributed by atoms with Gasteiger partial charge in [-0.15, -0.1) is 0 Å². The number of aromatic amines is 1. The highest BCUT2D eigenvalue weighted by Crippen LogP contribution is 2.27. The number of nitrogens with two attached hydrogens (primary N) is 1. The Kier molecular flexibility index (Phi) is 3.81. The fourth-order valence-electron chi connectivity index (χ4n) is 1.58. The van der Waals surface area contributed by atoms with Gasteiger partial charge in [-0.05, 0) is 40.7 Å². The summed E-state index contributed by atoms with van der Waals surface area (Å²) in [7, 11) is 0. The molecule has 0 spiro atoms. The first-order valence-corrected chi connectivity index (χ1v) is 6.18. The van der Waals surface area contributed by atoms with Crippen LogP contribution in [0.2, 0.25) is 5.02 Å². The van der Waals surface area contributed by atoms with Crippen molar-refractivity contribution in [3.63, 3.8) is 0 Å². The molecule has 1 heterocycles. The summed E-state index contributed by atoms with van der Waals surface area (Å²) >= 11 is 9.02. The van der Waals surface area contributed by atoms with E-state index in [1.54, 1.807) is 12.1 Å². The lowest BCUT2D eigenvalue weighted by Gasteiger charge is -2.02. The van der Waals surface area contributed by atoms with Gasteiger partial charge in [0.1, 0.15) is 5.82 Å². The maximum Gasteiger partial charge on any atom is 0.175 e. The molecule has 3 N–H and O–H groups in total. The lowest BCUT2D eigenvalue weighted by Crippen LogP contribution is -2.04. The first kappa shape index (κ1) is 12.5. The topological polar surface area (TPSA) is 54.7 Å². The number of hydrogen-bond donors (Lipinski definition) is 2. The number of halogens is 3. The zero-order chi connectivity index (χ0) is 12.4. The van der Waals surface area contributed by atoms with Gasteiger partial charge in [0.2, 0.25) is 0 Å². The van der Waals surface area contributed by atoms with Gasteiger partial charge in [0, 0.05) is 17.7 Å². The third-order valence-corrected chi connectivity index (χ3v) is 3.00. The number of aromatic nitrogens is 2. The summed E-state index contributed by atoms with van der Waals surface area (Å²) in [5.74, 6) is -0.439. The molecule has 0 unspecified atom stereocenters. The van der Waals surface area contributed by atoms with Crippen LogP contribution >= 0.6 is 27.5 Å². The van der Waals surface area contributed by atoms with Gasteiger partial charge in [-0.3, -0.25) is 0 Å². The average Bonchev–Trinajstić information content (AvgIpc) is 2.64. The Morgan fingerprint density at radius 2 is 2.24 bits per heavy atom. The summed E-state index contributed by atoms with van der Waals surface area (Å²) in [5, 5.41) is 0.0836. The van der Waals surface area contributed by atoms with Crippen LogP contribution < -0.4 is 5.73 Å². The summed E-state index contributed by atoms with van der Waals surface area (Å²) in [4.78, 5) is 7.36. The minimum absolute atomic E-state index is 0.0836. The van der Waals surface area contributed by atoms with Crippen molar-refractivity contribution in [1.29, 1.82) is 0 Å². The van der Waals surface area contributed by atoms with Crippen molar-refractivity contribution in [2.45, 2.75) is 6.42 Å². The molecule has 1 aromatic heterocycles. The van der Waals surface area contributed by atoms with Crippen LogP contribution in [0, 0.1) is 5.82 Å². The molecule has 2 rings (SSSR count). The maximum atomic E-state index is 13.1. The van der Waals surface area contributed by atoms with Crippen LogP contribution in [0.3, 0.4) is 0 Å². The van der Waals surface area contributed by atoms with Gasteiger partial charge in [-0.1, -0.05) is 11.6 Å². The van der Waals surface area contributed by atoms with Gasteiger partial charge < -0.3 is 10.7 Å². The van der Waals surface area contributed by atoms with E-state index in [4.69, 9.17) is 17.3 Å². The Bertz CT molecular complexity index is 542. The van der Waals surface area contributed by atoms with Crippen LogP contribution in [0.5, 0.6) is 0 Å². The molecule has 3 nitrogen and oxygen atoms in total. The normalized spacial score (nSPS) is 10.8. The molecule has 6 heteroatoms. The minimum Gasteiger partial charge on any atom is -0.336 e. The molecule has 0 aliphatic heterocycles. The van der Waals surface area contributed by atoms with Crippen molar-refractivity contribution in [2.24, 2.45) is 5.73 Å². The largest absolute Gasteiger partial charge is 0.336 e. The molecular weight excluding hydrogens is 308 g/mol. The molecule has 0 bridgehead atoms. The number of imidazole rings is 1. The summed E-state index contributed by atoms with van der Waals surface area (Å²) in [6, 6.07) is 4.52. The van der Waals surface area contributed by atoms with E-state index in [1.807, 2.05) is 0 Å². The Hall–Kier alpha value is -0.910. The molecule has 0 saturated carbocycles. The quantitative estimate of drug-likeness (QED) is 0.913. The van der Waals surface area contributed by atoms with E-state index in [9.17, 15) is 4.39 Å².